The Kier molecular flexibility index (Phi) is 3.52. The summed E-state index contributed by atoms with van der Waals surface area (Å²) in [5, 5.41) is 9.66. The van der Waals surface area contributed by atoms with Crippen LogP contribution < -0.4 is 0 Å². The Morgan fingerprint density at radius 2 is 2.14 bits per heavy atom. The molecule has 1 aliphatic carbocycles. The molecule has 0 aromatic carbocycles. The zero-order valence-electron chi connectivity index (χ0n) is 12.6. The molecule has 4 rings (SSSR count). The highest BCUT2D eigenvalue weighted by Gasteiger charge is 2.42. The predicted molar refractivity (Wildman–Crippen MR) is 79.1 cm³/mol. The van der Waals surface area contributed by atoms with Gasteiger partial charge in [-0.05, 0) is 45.1 Å². The highest BCUT2D eigenvalue weighted by atomic mass is 16.5. The third kappa shape index (κ3) is 2.41. The number of aliphatic hydroxyl groups is 1. The van der Waals surface area contributed by atoms with Crippen molar-refractivity contribution >= 4 is 0 Å². The lowest BCUT2D eigenvalue weighted by atomic mass is 9.86. The fourth-order valence-corrected chi connectivity index (χ4v) is 4.01. The van der Waals surface area contributed by atoms with Crippen LogP contribution in [0.15, 0.2) is 0 Å². The average Bonchev–Trinajstić information content (AvgIpc) is 3.08. The fraction of sp³-hybridized carbons (Fsp3) is 0.812. The van der Waals surface area contributed by atoms with Crippen molar-refractivity contribution < 1.29 is 9.84 Å². The van der Waals surface area contributed by atoms with Gasteiger partial charge >= 0.3 is 0 Å². The third-order valence-electron chi connectivity index (χ3n) is 5.34. The Labute approximate surface area is 125 Å². The van der Waals surface area contributed by atoms with Gasteiger partial charge in [-0.15, -0.1) is 0 Å². The first-order chi connectivity index (χ1) is 10.3. The summed E-state index contributed by atoms with van der Waals surface area (Å²) in [4.78, 5) is 11.0. The molecule has 5 heteroatoms. The average molecular weight is 291 g/mol. The third-order valence-corrected chi connectivity index (χ3v) is 5.34. The second-order valence-electron chi connectivity index (χ2n) is 7.03. The van der Waals surface area contributed by atoms with Gasteiger partial charge in [0.25, 0.3) is 0 Å². The summed E-state index contributed by atoms with van der Waals surface area (Å²) in [5.41, 5.74) is 2.63. The molecule has 21 heavy (non-hydrogen) atoms. The zero-order chi connectivity index (χ0) is 14.3. The minimum Gasteiger partial charge on any atom is -0.396 e. The van der Waals surface area contributed by atoms with Crippen molar-refractivity contribution in [1.29, 1.82) is 0 Å². The Morgan fingerprint density at radius 1 is 1.29 bits per heavy atom. The first-order valence-electron chi connectivity index (χ1n) is 8.30. The van der Waals surface area contributed by atoms with Gasteiger partial charge in [0, 0.05) is 12.2 Å². The summed E-state index contributed by atoms with van der Waals surface area (Å²) in [6.45, 7) is 3.66. The lowest BCUT2D eigenvalue weighted by molar-refractivity contribution is -0.149. The SMILES string of the molecule is OCC1(CN2CCCC2c2nc3c([nH]2)CCCC3)COC1. The first-order valence-corrected chi connectivity index (χ1v) is 8.30. The molecule has 0 amide bonds. The molecule has 1 unspecified atom stereocenters. The molecular weight excluding hydrogens is 266 g/mol. The van der Waals surface area contributed by atoms with E-state index in [1.54, 1.807) is 0 Å². The lowest BCUT2D eigenvalue weighted by Crippen LogP contribution is -2.53. The van der Waals surface area contributed by atoms with E-state index in [0.717, 1.165) is 31.8 Å². The van der Waals surface area contributed by atoms with Crippen LogP contribution in [0.2, 0.25) is 0 Å². The number of aryl methyl sites for hydroxylation is 2. The Hall–Kier alpha value is -0.910. The Balaban J connectivity index is 1.52. The lowest BCUT2D eigenvalue weighted by Gasteiger charge is -2.43. The summed E-state index contributed by atoms with van der Waals surface area (Å²) in [7, 11) is 0. The molecular formula is C16H25N3O2. The van der Waals surface area contributed by atoms with E-state index < -0.39 is 0 Å². The molecule has 2 N–H and O–H groups in total. The summed E-state index contributed by atoms with van der Waals surface area (Å²) in [5.74, 6) is 1.16. The van der Waals surface area contributed by atoms with E-state index in [1.165, 1.54) is 37.1 Å². The smallest absolute Gasteiger partial charge is 0.124 e. The second-order valence-corrected chi connectivity index (χ2v) is 7.03. The number of fused-ring (bicyclic) bond motifs is 1. The number of ether oxygens (including phenoxy) is 1. The first kappa shape index (κ1) is 13.7. The summed E-state index contributed by atoms with van der Waals surface area (Å²) >= 11 is 0. The highest BCUT2D eigenvalue weighted by molar-refractivity contribution is 5.19. The minimum absolute atomic E-state index is 0.0329. The normalized spacial score (nSPS) is 28.3. The van der Waals surface area contributed by atoms with Gasteiger partial charge < -0.3 is 14.8 Å². The standard InChI is InChI=1S/C16H25N3O2/c20-9-16(10-21-11-16)8-19-7-3-6-14(19)15-17-12-4-1-2-5-13(12)18-15/h14,20H,1-11H2,(H,17,18). The Bertz CT molecular complexity index is 481. The molecule has 1 atom stereocenters. The monoisotopic (exact) mass is 291 g/mol. The van der Waals surface area contributed by atoms with Crippen LogP contribution in [0.5, 0.6) is 0 Å². The van der Waals surface area contributed by atoms with Crippen LogP contribution in [0.4, 0.5) is 0 Å². The van der Waals surface area contributed by atoms with Gasteiger partial charge in [0.1, 0.15) is 5.82 Å². The summed E-state index contributed by atoms with van der Waals surface area (Å²) in [6, 6.07) is 0.402. The quantitative estimate of drug-likeness (QED) is 0.881. The maximum atomic E-state index is 9.66. The minimum atomic E-state index is -0.0329. The van der Waals surface area contributed by atoms with Crippen molar-refractivity contribution in [3.8, 4) is 0 Å². The maximum Gasteiger partial charge on any atom is 0.124 e. The van der Waals surface area contributed by atoms with Gasteiger partial charge in [-0.3, -0.25) is 4.90 Å². The molecule has 1 aromatic rings. The largest absolute Gasteiger partial charge is 0.396 e. The van der Waals surface area contributed by atoms with Crippen molar-refractivity contribution in [2.45, 2.75) is 44.6 Å². The van der Waals surface area contributed by atoms with E-state index >= 15 is 0 Å². The number of aliphatic hydroxyl groups excluding tert-OH is 1. The fourth-order valence-electron chi connectivity index (χ4n) is 4.01. The number of nitrogens with one attached hydrogen (secondary N) is 1. The van der Waals surface area contributed by atoms with Crippen LogP contribution >= 0.6 is 0 Å². The molecule has 0 spiro atoms. The van der Waals surface area contributed by atoms with Crippen molar-refractivity contribution in [2.24, 2.45) is 5.41 Å². The van der Waals surface area contributed by atoms with Crippen molar-refractivity contribution in [3.05, 3.63) is 17.2 Å². The number of rotatable bonds is 4. The predicted octanol–water partition coefficient (Wildman–Crippen LogP) is 1.43. The van der Waals surface area contributed by atoms with Gasteiger partial charge in [-0.25, -0.2) is 4.98 Å². The van der Waals surface area contributed by atoms with E-state index in [2.05, 4.69) is 9.88 Å². The summed E-state index contributed by atoms with van der Waals surface area (Å²) < 4.78 is 5.34. The van der Waals surface area contributed by atoms with Crippen LogP contribution in [-0.2, 0) is 17.6 Å². The number of hydrogen-bond donors (Lipinski definition) is 2. The van der Waals surface area contributed by atoms with Gasteiger partial charge in [0.05, 0.1) is 37.0 Å². The highest BCUT2D eigenvalue weighted by Crippen LogP contribution is 2.37. The van der Waals surface area contributed by atoms with Gasteiger partial charge in [-0.2, -0.15) is 0 Å². The molecule has 116 valence electrons. The molecule has 3 heterocycles. The number of nitrogens with zero attached hydrogens (tertiary/aromatic N) is 2. The number of imidazole rings is 1. The van der Waals surface area contributed by atoms with Gasteiger partial charge in [0.2, 0.25) is 0 Å². The topological polar surface area (TPSA) is 61.4 Å². The van der Waals surface area contributed by atoms with E-state index in [-0.39, 0.29) is 12.0 Å². The van der Waals surface area contributed by atoms with E-state index in [0.29, 0.717) is 19.3 Å². The molecule has 5 nitrogen and oxygen atoms in total. The van der Waals surface area contributed by atoms with E-state index in [9.17, 15) is 5.11 Å². The van der Waals surface area contributed by atoms with Crippen molar-refractivity contribution in [2.75, 3.05) is 32.9 Å². The molecule has 2 saturated heterocycles. The number of hydrogen-bond acceptors (Lipinski definition) is 4. The van der Waals surface area contributed by atoms with Crippen LogP contribution in [0.25, 0.3) is 0 Å². The number of H-pyrrole nitrogens is 1. The van der Waals surface area contributed by atoms with Crippen LogP contribution in [-0.4, -0.2) is 52.9 Å². The molecule has 3 aliphatic rings. The molecule has 0 bridgehead atoms. The maximum absolute atomic E-state index is 9.66. The van der Waals surface area contributed by atoms with E-state index in [1.807, 2.05) is 0 Å². The zero-order valence-corrected chi connectivity index (χ0v) is 12.6. The van der Waals surface area contributed by atoms with Crippen LogP contribution in [0.3, 0.4) is 0 Å². The molecule has 0 radical (unpaired) electrons. The number of likely N-dealkylation sites (tertiary alicyclic amines) is 1. The van der Waals surface area contributed by atoms with Crippen molar-refractivity contribution in [3.63, 3.8) is 0 Å². The number of aromatic nitrogens is 2. The van der Waals surface area contributed by atoms with Gasteiger partial charge in [0.15, 0.2) is 0 Å². The van der Waals surface area contributed by atoms with Gasteiger partial charge in [-0.1, -0.05) is 0 Å². The molecule has 1 aromatic heterocycles. The molecule has 2 aliphatic heterocycles. The Morgan fingerprint density at radius 3 is 2.86 bits per heavy atom. The number of aromatic amines is 1. The molecule has 2 fully saturated rings. The van der Waals surface area contributed by atoms with E-state index in [4.69, 9.17) is 9.72 Å². The summed E-state index contributed by atoms with van der Waals surface area (Å²) in [6.07, 6.45) is 7.24. The molecule has 0 saturated carbocycles. The second kappa shape index (κ2) is 5.38. The van der Waals surface area contributed by atoms with Crippen LogP contribution in [0.1, 0.15) is 48.9 Å². The van der Waals surface area contributed by atoms with Crippen LogP contribution in [0, 0.1) is 5.41 Å². The van der Waals surface area contributed by atoms with Crippen molar-refractivity contribution in [1.82, 2.24) is 14.9 Å².